The molecule has 1 aromatic heterocycles. The van der Waals surface area contributed by atoms with Crippen molar-refractivity contribution in [1.82, 2.24) is 4.98 Å². The fourth-order valence-corrected chi connectivity index (χ4v) is 2.67. The number of phenols is 2. The summed E-state index contributed by atoms with van der Waals surface area (Å²) in [6, 6.07) is 10.3. The number of aryl methyl sites for hydroxylation is 1. The zero-order valence-electron chi connectivity index (χ0n) is 13.7. The maximum Gasteiger partial charge on any atom is 0.340 e. The van der Waals surface area contributed by atoms with E-state index in [-0.39, 0.29) is 22.6 Å². The molecule has 1 heterocycles. The van der Waals surface area contributed by atoms with Gasteiger partial charge in [-0.2, -0.15) is 0 Å². The Kier molecular flexibility index (Phi) is 4.77. The lowest BCUT2D eigenvalue weighted by Gasteiger charge is -2.09. The van der Waals surface area contributed by atoms with Gasteiger partial charge in [0.15, 0.2) is 6.61 Å². The SMILES string of the molecule is Cc1nc2ccc(Cl)cc2cc1C(=O)OCC(=O)c1ccc(O)cc1O. The van der Waals surface area contributed by atoms with Crippen LogP contribution in [-0.4, -0.2) is 33.6 Å². The number of Topliss-reactive ketones (excluding diaryl/α,β-unsaturated/α-hetero) is 1. The molecule has 2 N–H and O–H groups in total. The number of rotatable bonds is 4. The van der Waals surface area contributed by atoms with Gasteiger partial charge in [0.2, 0.25) is 5.78 Å². The fraction of sp³-hybridized carbons (Fsp3) is 0.105. The van der Waals surface area contributed by atoms with Gasteiger partial charge in [0.1, 0.15) is 11.5 Å². The Hall–Kier alpha value is -3.12. The van der Waals surface area contributed by atoms with E-state index in [1.54, 1.807) is 31.2 Å². The van der Waals surface area contributed by atoms with Gasteiger partial charge in [-0.15, -0.1) is 0 Å². The van der Waals surface area contributed by atoms with Crippen LogP contribution in [-0.2, 0) is 4.74 Å². The summed E-state index contributed by atoms with van der Waals surface area (Å²) in [5, 5.41) is 20.1. The zero-order chi connectivity index (χ0) is 18.8. The standard InChI is InChI=1S/C19H14ClNO5/c1-10-15(7-11-6-12(20)2-5-16(11)21-10)19(25)26-9-18(24)14-4-3-13(22)8-17(14)23/h2-8,22-23H,9H2,1H3. The van der Waals surface area contributed by atoms with Crippen LogP contribution in [0.25, 0.3) is 10.9 Å². The fourth-order valence-electron chi connectivity index (χ4n) is 2.49. The van der Waals surface area contributed by atoms with Crippen molar-refractivity contribution in [2.24, 2.45) is 0 Å². The molecule has 0 amide bonds. The molecule has 0 unspecified atom stereocenters. The monoisotopic (exact) mass is 371 g/mol. The molecule has 2 aromatic carbocycles. The molecule has 0 saturated carbocycles. The Labute approximate surface area is 153 Å². The second-order valence-electron chi connectivity index (χ2n) is 5.66. The van der Waals surface area contributed by atoms with E-state index < -0.39 is 18.4 Å². The number of carbonyl (C=O) groups is 2. The van der Waals surface area contributed by atoms with E-state index in [1.807, 2.05) is 0 Å². The first-order chi connectivity index (χ1) is 12.3. The molecule has 26 heavy (non-hydrogen) atoms. The largest absolute Gasteiger partial charge is 0.508 e. The minimum absolute atomic E-state index is 0.0456. The average Bonchev–Trinajstić information content (AvgIpc) is 2.59. The number of hydrogen-bond acceptors (Lipinski definition) is 6. The van der Waals surface area contributed by atoms with Gasteiger partial charge in [0.05, 0.1) is 22.3 Å². The number of ether oxygens (including phenoxy) is 1. The van der Waals surface area contributed by atoms with Gasteiger partial charge in [-0.1, -0.05) is 11.6 Å². The molecule has 3 rings (SSSR count). The van der Waals surface area contributed by atoms with Crippen LogP contribution in [0.4, 0.5) is 0 Å². The van der Waals surface area contributed by atoms with Gasteiger partial charge in [-0.3, -0.25) is 9.78 Å². The number of pyridine rings is 1. The summed E-state index contributed by atoms with van der Waals surface area (Å²) < 4.78 is 5.05. The van der Waals surface area contributed by atoms with Crippen LogP contribution in [0.1, 0.15) is 26.4 Å². The summed E-state index contributed by atoms with van der Waals surface area (Å²) in [7, 11) is 0. The number of halogens is 1. The first-order valence-corrected chi connectivity index (χ1v) is 8.02. The van der Waals surface area contributed by atoms with E-state index in [4.69, 9.17) is 16.3 Å². The molecule has 6 nitrogen and oxygen atoms in total. The zero-order valence-corrected chi connectivity index (χ0v) is 14.4. The molecule has 7 heteroatoms. The molecule has 0 aliphatic rings. The predicted octanol–water partition coefficient (Wildman–Crippen LogP) is 3.65. The van der Waals surface area contributed by atoms with Gasteiger partial charge in [0.25, 0.3) is 0 Å². The number of hydrogen-bond donors (Lipinski definition) is 2. The molecular weight excluding hydrogens is 358 g/mol. The van der Waals surface area contributed by atoms with E-state index in [2.05, 4.69) is 4.98 Å². The summed E-state index contributed by atoms with van der Waals surface area (Å²) in [4.78, 5) is 28.8. The first kappa shape index (κ1) is 17.7. The average molecular weight is 372 g/mol. The molecule has 132 valence electrons. The predicted molar refractivity (Wildman–Crippen MR) is 95.9 cm³/mol. The molecule has 0 fully saturated rings. The van der Waals surface area contributed by atoms with Crippen LogP contribution in [0.2, 0.25) is 5.02 Å². The highest BCUT2D eigenvalue weighted by Gasteiger charge is 2.17. The number of esters is 1. The van der Waals surface area contributed by atoms with E-state index in [1.165, 1.54) is 12.1 Å². The lowest BCUT2D eigenvalue weighted by Crippen LogP contribution is -2.15. The summed E-state index contributed by atoms with van der Waals surface area (Å²) in [6.45, 7) is 1.11. The van der Waals surface area contributed by atoms with E-state index in [0.29, 0.717) is 21.6 Å². The maximum absolute atomic E-state index is 12.3. The van der Waals surface area contributed by atoms with Crippen LogP contribution in [0.3, 0.4) is 0 Å². The van der Waals surface area contributed by atoms with Crippen molar-refractivity contribution in [2.75, 3.05) is 6.61 Å². The lowest BCUT2D eigenvalue weighted by molar-refractivity contribution is 0.0473. The highest BCUT2D eigenvalue weighted by atomic mass is 35.5. The van der Waals surface area contributed by atoms with Crippen molar-refractivity contribution in [3.63, 3.8) is 0 Å². The number of aromatic hydroxyl groups is 2. The number of fused-ring (bicyclic) bond motifs is 1. The summed E-state index contributed by atoms with van der Waals surface area (Å²) >= 11 is 5.96. The molecule has 0 saturated heterocycles. The minimum Gasteiger partial charge on any atom is -0.508 e. The topological polar surface area (TPSA) is 96.7 Å². The summed E-state index contributed by atoms with van der Waals surface area (Å²) in [6.07, 6.45) is 0. The number of aromatic nitrogens is 1. The van der Waals surface area contributed by atoms with Crippen LogP contribution in [0.15, 0.2) is 42.5 Å². The third kappa shape index (κ3) is 3.60. The lowest BCUT2D eigenvalue weighted by atomic mass is 10.1. The van der Waals surface area contributed by atoms with Crippen molar-refractivity contribution in [3.05, 3.63) is 64.3 Å². The number of nitrogens with zero attached hydrogens (tertiary/aromatic N) is 1. The van der Waals surface area contributed by atoms with Crippen LogP contribution >= 0.6 is 11.6 Å². The number of phenolic OH excluding ortho intramolecular Hbond substituents is 2. The second kappa shape index (κ2) is 7.01. The Balaban J connectivity index is 1.78. The Morgan fingerprint density at radius 3 is 2.58 bits per heavy atom. The normalized spacial score (nSPS) is 10.7. The van der Waals surface area contributed by atoms with Gasteiger partial charge >= 0.3 is 5.97 Å². The molecule has 0 atom stereocenters. The van der Waals surface area contributed by atoms with Gasteiger partial charge in [-0.05, 0) is 43.3 Å². The molecule has 0 aliphatic heterocycles. The smallest absolute Gasteiger partial charge is 0.340 e. The van der Waals surface area contributed by atoms with Gasteiger partial charge in [-0.25, -0.2) is 4.79 Å². The third-order valence-electron chi connectivity index (χ3n) is 3.80. The first-order valence-electron chi connectivity index (χ1n) is 7.64. The van der Waals surface area contributed by atoms with Crippen molar-refractivity contribution >= 4 is 34.3 Å². The van der Waals surface area contributed by atoms with E-state index in [9.17, 15) is 19.8 Å². The summed E-state index contributed by atoms with van der Waals surface area (Å²) in [5.41, 5.74) is 1.33. The van der Waals surface area contributed by atoms with Gasteiger partial charge in [0, 0.05) is 16.5 Å². The Morgan fingerprint density at radius 1 is 1.08 bits per heavy atom. The molecule has 0 spiro atoms. The number of carbonyl (C=O) groups excluding carboxylic acids is 2. The minimum atomic E-state index is -0.705. The Morgan fingerprint density at radius 2 is 1.85 bits per heavy atom. The second-order valence-corrected chi connectivity index (χ2v) is 6.10. The molecule has 0 bridgehead atoms. The van der Waals surface area contributed by atoms with Crippen molar-refractivity contribution < 1.29 is 24.5 Å². The van der Waals surface area contributed by atoms with E-state index >= 15 is 0 Å². The van der Waals surface area contributed by atoms with Crippen LogP contribution < -0.4 is 0 Å². The molecule has 0 aliphatic carbocycles. The highest BCUT2D eigenvalue weighted by Crippen LogP contribution is 2.24. The van der Waals surface area contributed by atoms with Crippen molar-refractivity contribution in [2.45, 2.75) is 6.92 Å². The molecule has 0 radical (unpaired) electrons. The quantitative estimate of drug-likeness (QED) is 0.536. The van der Waals surface area contributed by atoms with E-state index in [0.717, 1.165) is 6.07 Å². The summed E-state index contributed by atoms with van der Waals surface area (Å²) in [5.74, 6) is -1.86. The highest BCUT2D eigenvalue weighted by molar-refractivity contribution is 6.31. The van der Waals surface area contributed by atoms with Crippen LogP contribution in [0, 0.1) is 6.92 Å². The Bertz CT molecular complexity index is 1030. The van der Waals surface area contributed by atoms with Crippen LogP contribution in [0.5, 0.6) is 11.5 Å². The number of benzene rings is 2. The third-order valence-corrected chi connectivity index (χ3v) is 4.04. The molecular formula is C19H14ClNO5. The maximum atomic E-state index is 12.3. The van der Waals surface area contributed by atoms with Crippen molar-refractivity contribution in [3.8, 4) is 11.5 Å². The molecule has 3 aromatic rings. The number of ketones is 1. The van der Waals surface area contributed by atoms with Gasteiger partial charge < -0.3 is 14.9 Å². The van der Waals surface area contributed by atoms with Crippen molar-refractivity contribution in [1.29, 1.82) is 0 Å².